The summed E-state index contributed by atoms with van der Waals surface area (Å²) in [6, 6.07) is 10.6. The summed E-state index contributed by atoms with van der Waals surface area (Å²) in [6.45, 7) is -1.63. The summed E-state index contributed by atoms with van der Waals surface area (Å²) in [7, 11) is 0. The van der Waals surface area contributed by atoms with E-state index < -0.39 is 30.0 Å². The molecule has 4 aromatic rings. The molecule has 4 rings (SSSR count). The Morgan fingerprint density at radius 1 is 1.12 bits per heavy atom. The topological polar surface area (TPSA) is 110 Å². The number of benzene rings is 2. The lowest BCUT2D eigenvalue weighted by atomic mass is 10.2. The van der Waals surface area contributed by atoms with E-state index in [1.165, 1.54) is 55.7 Å². The minimum absolute atomic E-state index is 0.0116. The highest BCUT2D eigenvalue weighted by atomic mass is 19.4. The number of nitrogens with zero attached hydrogens (tertiary/aromatic N) is 5. The Labute approximate surface area is 221 Å². The van der Waals surface area contributed by atoms with Crippen molar-refractivity contribution in [2.75, 3.05) is 0 Å². The highest BCUT2D eigenvalue weighted by molar-refractivity contribution is 6.08. The van der Waals surface area contributed by atoms with Gasteiger partial charge in [0.05, 0.1) is 23.3 Å². The molecule has 0 saturated heterocycles. The number of aromatic nitrogens is 4. The lowest BCUT2D eigenvalue weighted by Crippen LogP contribution is -2.21. The largest absolute Gasteiger partial charge is 0.573 e. The van der Waals surface area contributed by atoms with E-state index >= 15 is 4.39 Å². The van der Waals surface area contributed by atoms with Gasteiger partial charge in [0.15, 0.2) is 11.5 Å². The molecule has 2 aromatic carbocycles. The lowest BCUT2D eigenvalue weighted by Gasteiger charge is -2.12. The molecule has 0 aliphatic rings. The maximum atomic E-state index is 15.2. The third-order valence-corrected chi connectivity index (χ3v) is 4.96. The Morgan fingerprint density at radius 3 is 2.58 bits per heavy atom. The number of hydrogen-bond donors (Lipinski definition) is 1. The van der Waals surface area contributed by atoms with Gasteiger partial charge >= 0.3 is 13.0 Å². The molecule has 208 valence electrons. The standard InChI is InChI=1S/C25H18F6N6O3/c1-14(32)11-19(34-15-3-2-4-17(12-15)40-25(29,30)31)23-21(38)8-10-36(35-23)20-6-5-16(13-18(20)26)37-22(7-9-33-37)39-24(27)28/h2-13,24H,32H2,1H3. The smallest absolute Gasteiger partial charge is 0.417 e. The Morgan fingerprint density at radius 2 is 1.90 bits per heavy atom. The van der Waals surface area contributed by atoms with Crippen molar-refractivity contribution >= 4 is 11.4 Å². The van der Waals surface area contributed by atoms with E-state index in [2.05, 4.69) is 24.7 Å². The summed E-state index contributed by atoms with van der Waals surface area (Å²) in [5.41, 5.74) is 4.82. The molecule has 0 aliphatic carbocycles. The van der Waals surface area contributed by atoms with Gasteiger partial charge in [-0.2, -0.15) is 19.0 Å². The third kappa shape index (κ3) is 6.86. The van der Waals surface area contributed by atoms with Crippen LogP contribution in [0.4, 0.5) is 32.0 Å². The zero-order chi connectivity index (χ0) is 29.0. The molecule has 40 heavy (non-hydrogen) atoms. The van der Waals surface area contributed by atoms with Crippen LogP contribution in [0.15, 0.2) is 88.6 Å². The third-order valence-electron chi connectivity index (χ3n) is 4.96. The molecule has 0 amide bonds. The van der Waals surface area contributed by atoms with Gasteiger partial charge in [0.25, 0.3) is 0 Å². The van der Waals surface area contributed by atoms with Crippen molar-refractivity contribution in [3.63, 3.8) is 0 Å². The van der Waals surface area contributed by atoms with Crippen molar-refractivity contribution in [2.45, 2.75) is 19.9 Å². The number of halogens is 6. The molecule has 0 spiro atoms. The molecule has 0 radical (unpaired) electrons. The normalized spacial score (nSPS) is 12.6. The van der Waals surface area contributed by atoms with E-state index in [0.29, 0.717) is 0 Å². The van der Waals surface area contributed by atoms with Crippen LogP contribution in [0.1, 0.15) is 12.6 Å². The number of alkyl halides is 5. The van der Waals surface area contributed by atoms with Gasteiger partial charge < -0.3 is 15.2 Å². The van der Waals surface area contributed by atoms with Crippen LogP contribution in [0, 0.1) is 5.82 Å². The van der Waals surface area contributed by atoms with Gasteiger partial charge in [0.1, 0.15) is 11.4 Å². The first-order chi connectivity index (χ1) is 18.9. The van der Waals surface area contributed by atoms with Gasteiger partial charge in [-0.25, -0.2) is 18.7 Å². The van der Waals surface area contributed by atoms with Crippen LogP contribution in [-0.4, -0.2) is 38.2 Å². The van der Waals surface area contributed by atoms with E-state index in [9.17, 15) is 26.7 Å². The van der Waals surface area contributed by atoms with Gasteiger partial charge in [-0.15, -0.1) is 13.2 Å². The summed E-state index contributed by atoms with van der Waals surface area (Å²) in [5, 5.41) is 8.01. The van der Waals surface area contributed by atoms with Gasteiger partial charge in [0.2, 0.25) is 11.3 Å². The molecular weight excluding hydrogens is 546 g/mol. The van der Waals surface area contributed by atoms with Crippen LogP contribution in [0.2, 0.25) is 0 Å². The minimum atomic E-state index is -4.93. The zero-order valence-corrected chi connectivity index (χ0v) is 20.3. The first-order valence-corrected chi connectivity index (χ1v) is 11.2. The summed E-state index contributed by atoms with van der Waals surface area (Å²) in [6.07, 6.45) is -1.29. The molecule has 0 atom stereocenters. The molecule has 2 heterocycles. The van der Waals surface area contributed by atoms with Crippen molar-refractivity contribution in [3.8, 4) is 23.0 Å². The molecule has 0 aliphatic heterocycles. The molecule has 2 N–H and O–H groups in total. The van der Waals surface area contributed by atoms with Crippen LogP contribution in [0.5, 0.6) is 11.6 Å². The minimum Gasteiger partial charge on any atom is -0.417 e. The van der Waals surface area contributed by atoms with Gasteiger partial charge in [-0.1, -0.05) is 6.07 Å². The van der Waals surface area contributed by atoms with Crippen LogP contribution < -0.4 is 20.6 Å². The predicted octanol–water partition coefficient (Wildman–Crippen LogP) is 5.04. The number of rotatable bonds is 8. The van der Waals surface area contributed by atoms with Crippen molar-refractivity contribution in [3.05, 3.63) is 100 Å². The molecule has 2 aromatic heterocycles. The van der Waals surface area contributed by atoms with E-state index in [1.54, 1.807) is 0 Å². The van der Waals surface area contributed by atoms with Crippen LogP contribution >= 0.6 is 0 Å². The second kappa shape index (κ2) is 11.3. The fourth-order valence-electron chi connectivity index (χ4n) is 3.46. The molecule has 0 unspecified atom stereocenters. The molecule has 15 heteroatoms. The number of allylic oxidation sites excluding steroid dienone is 2. The molecule has 0 saturated carbocycles. The lowest BCUT2D eigenvalue weighted by molar-refractivity contribution is -0.274. The van der Waals surface area contributed by atoms with E-state index in [1.807, 2.05) is 0 Å². The maximum absolute atomic E-state index is 15.2. The second-order valence-electron chi connectivity index (χ2n) is 8.00. The highest BCUT2D eigenvalue weighted by Crippen LogP contribution is 2.27. The van der Waals surface area contributed by atoms with Crippen molar-refractivity contribution < 1.29 is 35.8 Å². The highest BCUT2D eigenvalue weighted by Gasteiger charge is 2.31. The first kappa shape index (κ1) is 27.9. The van der Waals surface area contributed by atoms with Crippen LogP contribution in [-0.2, 0) is 0 Å². The summed E-state index contributed by atoms with van der Waals surface area (Å²) in [5.74, 6) is -1.72. The number of aliphatic imine (C=N–C) groups is 1. The number of ether oxygens (including phenoxy) is 2. The van der Waals surface area contributed by atoms with Gasteiger partial charge in [0, 0.05) is 36.2 Å². The summed E-state index contributed by atoms with van der Waals surface area (Å²) < 4.78 is 88.6. The SMILES string of the molecule is CC(N)=CC(=Nc1cccc(OC(F)(F)F)c1)c1nn(-c2ccc(-n3nccc3OC(F)F)cc2F)ccc1=O. The fraction of sp³-hybridized carbons (Fsp3) is 0.120. The molecular formula is C25H18F6N6O3. The van der Waals surface area contributed by atoms with E-state index in [-0.39, 0.29) is 40.0 Å². The van der Waals surface area contributed by atoms with Gasteiger partial charge in [-0.3, -0.25) is 4.79 Å². The Bertz CT molecular complexity index is 1640. The average molecular weight is 564 g/mol. The average Bonchev–Trinajstić information content (AvgIpc) is 3.30. The Balaban J connectivity index is 1.74. The maximum Gasteiger partial charge on any atom is 0.573 e. The second-order valence-corrected chi connectivity index (χ2v) is 8.00. The molecule has 9 nitrogen and oxygen atoms in total. The van der Waals surface area contributed by atoms with E-state index in [4.69, 9.17) is 5.73 Å². The summed E-state index contributed by atoms with van der Waals surface area (Å²) >= 11 is 0. The first-order valence-electron chi connectivity index (χ1n) is 11.2. The Hall–Kier alpha value is -5.08. The van der Waals surface area contributed by atoms with Crippen molar-refractivity contribution in [1.29, 1.82) is 0 Å². The van der Waals surface area contributed by atoms with Crippen molar-refractivity contribution in [1.82, 2.24) is 19.6 Å². The monoisotopic (exact) mass is 564 g/mol. The summed E-state index contributed by atoms with van der Waals surface area (Å²) in [4.78, 5) is 16.9. The Kier molecular flexibility index (Phi) is 7.93. The van der Waals surface area contributed by atoms with E-state index in [0.717, 1.165) is 33.6 Å². The molecule has 0 fully saturated rings. The number of nitrogens with two attached hydrogens (primary N) is 1. The van der Waals surface area contributed by atoms with Crippen LogP contribution in [0.3, 0.4) is 0 Å². The predicted molar refractivity (Wildman–Crippen MR) is 131 cm³/mol. The van der Waals surface area contributed by atoms with Crippen molar-refractivity contribution in [2.24, 2.45) is 10.7 Å². The van der Waals surface area contributed by atoms with Gasteiger partial charge in [-0.05, 0) is 37.3 Å². The molecule has 0 bridgehead atoms. The number of hydrogen-bond acceptors (Lipinski definition) is 7. The zero-order valence-electron chi connectivity index (χ0n) is 20.3. The fourth-order valence-corrected chi connectivity index (χ4v) is 3.46. The van der Waals surface area contributed by atoms with Crippen LogP contribution in [0.25, 0.3) is 11.4 Å². The quantitative estimate of drug-likeness (QED) is 0.237.